The van der Waals surface area contributed by atoms with Gasteiger partial charge in [0.2, 0.25) is 5.91 Å². The molecule has 2 aliphatic rings. The van der Waals surface area contributed by atoms with E-state index in [2.05, 4.69) is 16.8 Å². The second kappa shape index (κ2) is 6.54. The molecular formula is C16H23N3O2. The van der Waals surface area contributed by atoms with Crippen LogP contribution in [0.3, 0.4) is 0 Å². The average molecular weight is 289 g/mol. The molecule has 2 aliphatic heterocycles. The Morgan fingerprint density at radius 1 is 1.48 bits per heavy atom. The van der Waals surface area contributed by atoms with Crippen molar-refractivity contribution in [2.75, 3.05) is 32.8 Å². The van der Waals surface area contributed by atoms with Crippen LogP contribution in [0.15, 0.2) is 24.5 Å². The molecule has 2 fully saturated rings. The van der Waals surface area contributed by atoms with E-state index in [0.717, 1.165) is 31.6 Å². The highest BCUT2D eigenvalue weighted by Gasteiger charge is 2.38. The molecule has 114 valence electrons. The van der Waals surface area contributed by atoms with Crippen LogP contribution in [-0.4, -0.2) is 65.6 Å². The van der Waals surface area contributed by atoms with Gasteiger partial charge in [0, 0.05) is 32.0 Å². The van der Waals surface area contributed by atoms with Crippen molar-refractivity contribution in [1.29, 1.82) is 0 Å². The Morgan fingerprint density at radius 2 is 2.38 bits per heavy atom. The number of rotatable bonds is 3. The zero-order valence-electron chi connectivity index (χ0n) is 12.6. The fourth-order valence-corrected chi connectivity index (χ4v) is 3.33. The van der Waals surface area contributed by atoms with Gasteiger partial charge in [0.25, 0.3) is 0 Å². The minimum absolute atomic E-state index is 0.172. The molecule has 0 aliphatic carbocycles. The van der Waals surface area contributed by atoms with Crippen LogP contribution in [0, 0.1) is 0 Å². The predicted octanol–water partition coefficient (Wildman–Crippen LogP) is 0.946. The Labute approximate surface area is 125 Å². The summed E-state index contributed by atoms with van der Waals surface area (Å²) in [4.78, 5) is 21.1. The lowest BCUT2D eigenvalue weighted by atomic mass is 9.97. The van der Waals surface area contributed by atoms with Crippen molar-refractivity contribution in [3.8, 4) is 0 Å². The number of carbonyl (C=O) groups is 1. The molecule has 2 unspecified atom stereocenters. The van der Waals surface area contributed by atoms with Crippen molar-refractivity contribution in [1.82, 2.24) is 14.8 Å². The lowest BCUT2D eigenvalue weighted by Gasteiger charge is -2.46. The summed E-state index contributed by atoms with van der Waals surface area (Å²) >= 11 is 0. The second-order valence-corrected chi connectivity index (χ2v) is 5.78. The van der Waals surface area contributed by atoms with Crippen molar-refractivity contribution < 1.29 is 9.53 Å². The topological polar surface area (TPSA) is 45.7 Å². The summed E-state index contributed by atoms with van der Waals surface area (Å²) < 4.78 is 5.90. The summed E-state index contributed by atoms with van der Waals surface area (Å²) in [5.41, 5.74) is 0.983. The van der Waals surface area contributed by atoms with Gasteiger partial charge in [-0.1, -0.05) is 13.0 Å². The molecule has 21 heavy (non-hydrogen) atoms. The first-order chi connectivity index (χ1) is 10.3. The summed E-state index contributed by atoms with van der Waals surface area (Å²) in [6, 6.07) is 4.08. The molecule has 3 heterocycles. The molecule has 1 amide bonds. The first kappa shape index (κ1) is 14.5. The van der Waals surface area contributed by atoms with Gasteiger partial charge in [-0.05, 0) is 24.6 Å². The maximum Gasteiger partial charge on any atom is 0.227 e. The highest BCUT2D eigenvalue weighted by atomic mass is 16.5. The number of fused-ring (bicyclic) bond motifs is 1. The summed E-state index contributed by atoms with van der Waals surface area (Å²) in [6.45, 7) is 6.59. The van der Waals surface area contributed by atoms with Crippen molar-refractivity contribution in [2.45, 2.75) is 31.9 Å². The van der Waals surface area contributed by atoms with E-state index < -0.39 is 0 Å². The summed E-state index contributed by atoms with van der Waals surface area (Å²) in [7, 11) is 0. The largest absolute Gasteiger partial charge is 0.373 e. The van der Waals surface area contributed by atoms with Crippen LogP contribution in [-0.2, 0) is 16.0 Å². The van der Waals surface area contributed by atoms with Gasteiger partial charge in [-0.3, -0.25) is 9.78 Å². The third-order valence-electron chi connectivity index (χ3n) is 4.52. The molecule has 0 radical (unpaired) electrons. The van der Waals surface area contributed by atoms with Crippen LogP contribution in [0.5, 0.6) is 0 Å². The molecule has 1 aromatic rings. The number of hydrogen-bond donors (Lipinski definition) is 0. The Kier molecular flexibility index (Phi) is 4.51. The quantitative estimate of drug-likeness (QED) is 0.831. The van der Waals surface area contributed by atoms with E-state index in [1.165, 1.54) is 0 Å². The number of amides is 1. The number of ether oxygens (including phenoxy) is 1. The van der Waals surface area contributed by atoms with Gasteiger partial charge >= 0.3 is 0 Å². The summed E-state index contributed by atoms with van der Waals surface area (Å²) in [5, 5.41) is 0. The van der Waals surface area contributed by atoms with E-state index in [1.54, 1.807) is 12.4 Å². The number of hydrogen-bond acceptors (Lipinski definition) is 4. The molecule has 2 saturated heterocycles. The van der Waals surface area contributed by atoms with Crippen LogP contribution in [0.25, 0.3) is 0 Å². The van der Waals surface area contributed by atoms with Gasteiger partial charge in [-0.15, -0.1) is 0 Å². The standard InChI is InChI=1S/C16H23N3O2/c1-2-18-7-5-14-15(12-18)21-9-8-19(14)16(20)10-13-4-3-6-17-11-13/h3-4,6,11,14-15H,2,5,7-10,12H2,1H3. The molecule has 0 aromatic carbocycles. The SMILES string of the molecule is CCN1CCC2C(C1)OCCN2C(=O)Cc1cccnc1. The van der Waals surface area contributed by atoms with Crippen molar-refractivity contribution >= 4 is 5.91 Å². The number of nitrogens with zero attached hydrogens (tertiary/aromatic N) is 3. The van der Waals surface area contributed by atoms with Crippen molar-refractivity contribution in [3.63, 3.8) is 0 Å². The third-order valence-corrected chi connectivity index (χ3v) is 4.52. The number of aromatic nitrogens is 1. The van der Waals surface area contributed by atoms with Crippen LogP contribution in [0.4, 0.5) is 0 Å². The van der Waals surface area contributed by atoms with E-state index in [9.17, 15) is 4.79 Å². The second-order valence-electron chi connectivity index (χ2n) is 5.78. The van der Waals surface area contributed by atoms with Crippen LogP contribution >= 0.6 is 0 Å². The molecular weight excluding hydrogens is 266 g/mol. The highest BCUT2D eigenvalue weighted by molar-refractivity contribution is 5.79. The molecule has 0 saturated carbocycles. The fourth-order valence-electron chi connectivity index (χ4n) is 3.33. The average Bonchev–Trinajstić information content (AvgIpc) is 2.54. The van der Waals surface area contributed by atoms with Gasteiger partial charge in [0.1, 0.15) is 0 Å². The van der Waals surface area contributed by atoms with Gasteiger partial charge in [-0.2, -0.15) is 0 Å². The molecule has 0 N–H and O–H groups in total. The minimum atomic E-state index is 0.172. The number of morpholine rings is 1. The first-order valence-electron chi connectivity index (χ1n) is 7.80. The number of likely N-dealkylation sites (tertiary alicyclic amines) is 1. The molecule has 0 spiro atoms. The van der Waals surface area contributed by atoms with Crippen LogP contribution in [0.2, 0.25) is 0 Å². The van der Waals surface area contributed by atoms with E-state index in [-0.39, 0.29) is 18.1 Å². The van der Waals surface area contributed by atoms with E-state index in [1.807, 2.05) is 17.0 Å². The molecule has 3 rings (SSSR count). The Balaban J connectivity index is 1.66. The monoisotopic (exact) mass is 289 g/mol. The van der Waals surface area contributed by atoms with Crippen molar-refractivity contribution in [3.05, 3.63) is 30.1 Å². The molecule has 2 atom stereocenters. The zero-order chi connectivity index (χ0) is 14.7. The van der Waals surface area contributed by atoms with Crippen LogP contribution < -0.4 is 0 Å². The fraction of sp³-hybridized carbons (Fsp3) is 0.625. The van der Waals surface area contributed by atoms with Gasteiger partial charge < -0.3 is 14.5 Å². The maximum atomic E-state index is 12.6. The van der Waals surface area contributed by atoms with Gasteiger partial charge in [-0.25, -0.2) is 0 Å². The number of carbonyl (C=O) groups excluding carboxylic acids is 1. The smallest absolute Gasteiger partial charge is 0.227 e. The lowest BCUT2D eigenvalue weighted by molar-refractivity contribution is -0.151. The number of likely N-dealkylation sites (N-methyl/N-ethyl adjacent to an activating group) is 1. The molecule has 0 bridgehead atoms. The maximum absolute atomic E-state index is 12.6. The molecule has 1 aromatic heterocycles. The normalized spacial score (nSPS) is 26.4. The molecule has 5 nitrogen and oxygen atoms in total. The van der Waals surface area contributed by atoms with E-state index >= 15 is 0 Å². The lowest BCUT2D eigenvalue weighted by Crippen LogP contribution is -2.60. The van der Waals surface area contributed by atoms with E-state index in [4.69, 9.17) is 4.74 Å². The summed E-state index contributed by atoms with van der Waals surface area (Å²) in [6.07, 6.45) is 5.13. The minimum Gasteiger partial charge on any atom is -0.373 e. The number of piperidine rings is 1. The zero-order valence-corrected chi connectivity index (χ0v) is 12.6. The number of pyridine rings is 1. The highest BCUT2D eigenvalue weighted by Crippen LogP contribution is 2.23. The van der Waals surface area contributed by atoms with Crippen LogP contribution in [0.1, 0.15) is 18.9 Å². The van der Waals surface area contributed by atoms with Crippen molar-refractivity contribution in [2.24, 2.45) is 0 Å². The Bertz CT molecular complexity index is 480. The van der Waals surface area contributed by atoms with Gasteiger partial charge in [0.15, 0.2) is 0 Å². The third kappa shape index (κ3) is 3.24. The summed E-state index contributed by atoms with van der Waals surface area (Å²) in [5.74, 6) is 0.200. The first-order valence-corrected chi connectivity index (χ1v) is 7.80. The van der Waals surface area contributed by atoms with E-state index in [0.29, 0.717) is 19.6 Å². The molecule has 5 heteroatoms. The Hall–Kier alpha value is -1.46. The predicted molar refractivity (Wildman–Crippen MR) is 79.9 cm³/mol. The van der Waals surface area contributed by atoms with Gasteiger partial charge in [0.05, 0.1) is 25.2 Å². The Morgan fingerprint density at radius 3 is 3.14 bits per heavy atom.